The van der Waals surface area contributed by atoms with Gasteiger partial charge in [0.1, 0.15) is 5.76 Å². The molecule has 0 fully saturated rings. The van der Waals surface area contributed by atoms with Crippen molar-refractivity contribution >= 4 is 22.5 Å². The maximum atomic E-state index is 12.3. The van der Waals surface area contributed by atoms with Crippen molar-refractivity contribution in [2.24, 2.45) is 0 Å². The van der Waals surface area contributed by atoms with E-state index < -0.39 is 10.8 Å². The molecule has 5 nitrogen and oxygen atoms in total. The van der Waals surface area contributed by atoms with Crippen molar-refractivity contribution in [2.45, 2.75) is 31.1 Å². The van der Waals surface area contributed by atoms with Crippen molar-refractivity contribution in [3.05, 3.63) is 53.5 Å². The van der Waals surface area contributed by atoms with Crippen molar-refractivity contribution in [3.8, 4) is 0 Å². The van der Waals surface area contributed by atoms with Crippen LogP contribution in [-0.4, -0.2) is 16.5 Å². The Labute approximate surface area is 137 Å². The number of rotatable bonds is 4. The highest BCUT2D eigenvalue weighted by Gasteiger charge is 2.24. The Morgan fingerprint density at radius 3 is 3.00 bits per heavy atom. The van der Waals surface area contributed by atoms with E-state index in [1.165, 1.54) is 0 Å². The summed E-state index contributed by atoms with van der Waals surface area (Å²) in [4.78, 5) is 12.3. The summed E-state index contributed by atoms with van der Waals surface area (Å²) >= 11 is 0. The molecular weight excluding hydrogens is 312 g/mol. The minimum absolute atomic E-state index is 0.0232. The average Bonchev–Trinajstić information content (AvgIpc) is 2.98. The van der Waals surface area contributed by atoms with E-state index >= 15 is 0 Å². The van der Waals surface area contributed by atoms with E-state index in [4.69, 9.17) is 4.42 Å². The Morgan fingerprint density at radius 2 is 2.17 bits per heavy atom. The van der Waals surface area contributed by atoms with Crippen LogP contribution in [-0.2, 0) is 23.0 Å². The van der Waals surface area contributed by atoms with Crippen molar-refractivity contribution in [1.29, 1.82) is 0 Å². The van der Waals surface area contributed by atoms with Gasteiger partial charge in [0.05, 0.1) is 18.1 Å². The third-order valence-corrected chi connectivity index (χ3v) is 4.70. The summed E-state index contributed by atoms with van der Waals surface area (Å²) < 4.78 is 16.9. The fraction of sp³-hybridized carbons (Fsp3) is 0.353. The molecule has 0 unspecified atom stereocenters. The van der Waals surface area contributed by atoms with E-state index in [1.807, 2.05) is 30.3 Å². The topological polar surface area (TPSA) is 71.3 Å². The Bertz CT molecular complexity index is 726. The number of aryl methyl sites for hydroxylation is 1. The number of benzene rings is 1. The fourth-order valence-corrected chi connectivity index (χ4v) is 3.63. The Balaban J connectivity index is 1.68. The van der Waals surface area contributed by atoms with Gasteiger partial charge >= 0.3 is 6.03 Å². The summed E-state index contributed by atoms with van der Waals surface area (Å²) in [6, 6.07) is 9.09. The first-order valence-electron chi connectivity index (χ1n) is 7.65. The van der Waals surface area contributed by atoms with Crippen molar-refractivity contribution in [1.82, 2.24) is 5.32 Å². The molecule has 0 saturated carbocycles. The third kappa shape index (κ3) is 3.82. The van der Waals surface area contributed by atoms with E-state index in [2.05, 4.69) is 10.6 Å². The van der Waals surface area contributed by atoms with E-state index in [0.29, 0.717) is 11.4 Å². The lowest BCUT2D eigenvalue weighted by Gasteiger charge is -2.23. The number of hydrogen-bond acceptors (Lipinski definition) is 3. The number of nitrogens with one attached hydrogen (secondary N) is 2. The van der Waals surface area contributed by atoms with Gasteiger partial charge in [0.15, 0.2) is 0 Å². The predicted octanol–water partition coefficient (Wildman–Crippen LogP) is 3.36. The highest BCUT2D eigenvalue weighted by Crippen LogP contribution is 2.30. The maximum Gasteiger partial charge on any atom is 0.319 e. The van der Waals surface area contributed by atoms with Gasteiger partial charge in [-0.15, -0.1) is 0 Å². The molecule has 2 amide bonds. The van der Waals surface area contributed by atoms with Crippen molar-refractivity contribution in [3.63, 3.8) is 0 Å². The van der Waals surface area contributed by atoms with Gasteiger partial charge in [-0.1, -0.05) is 18.2 Å². The number of hydrogen-bond donors (Lipinski definition) is 2. The number of carbonyl (C=O) groups excluding carboxylic acids is 1. The minimum atomic E-state index is -0.956. The van der Waals surface area contributed by atoms with Gasteiger partial charge < -0.3 is 15.1 Å². The van der Waals surface area contributed by atoms with Crippen LogP contribution in [0.4, 0.5) is 10.5 Å². The van der Waals surface area contributed by atoms with Gasteiger partial charge in [0.25, 0.3) is 0 Å². The van der Waals surface area contributed by atoms with Crippen LogP contribution in [0.15, 0.2) is 41.0 Å². The first-order chi connectivity index (χ1) is 11.1. The molecule has 23 heavy (non-hydrogen) atoms. The lowest BCUT2D eigenvalue weighted by Crippen LogP contribution is -2.34. The monoisotopic (exact) mass is 332 g/mol. The van der Waals surface area contributed by atoms with Crippen LogP contribution in [0.2, 0.25) is 0 Å². The Morgan fingerprint density at radius 1 is 1.35 bits per heavy atom. The second-order valence-corrected chi connectivity index (χ2v) is 7.15. The molecular formula is C17H20N2O3S. The van der Waals surface area contributed by atoms with Crippen molar-refractivity contribution < 1.29 is 13.4 Å². The average molecular weight is 332 g/mol. The van der Waals surface area contributed by atoms with Gasteiger partial charge in [-0.3, -0.25) is 4.21 Å². The smallest absolute Gasteiger partial charge is 0.319 e. The summed E-state index contributed by atoms with van der Waals surface area (Å²) in [6.45, 7) is 0. The molecule has 0 spiro atoms. The number of amides is 2. The molecule has 2 aromatic rings. The van der Waals surface area contributed by atoms with E-state index in [0.717, 1.165) is 36.1 Å². The van der Waals surface area contributed by atoms with Gasteiger partial charge in [-0.05, 0) is 30.5 Å². The molecule has 3 rings (SSSR count). The van der Waals surface area contributed by atoms with E-state index in [9.17, 15) is 9.00 Å². The quantitative estimate of drug-likeness (QED) is 0.902. The second-order valence-electron chi connectivity index (χ2n) is 5.72. The number of anilines is 1. The molecule has 1 aromatic heterocycles. The molecule has 0 radical (unpaired) electrons. The number of para-hydroxylation sites is 1. The summed E-state index contributed by atoms with van der Waals surface area (Å²) in [5.74, 6) is 1.38. The maximum absolute atomic E-state index is 12.3. The lowest BCUT2D eigenvalue weighted by atomic mass is 9.93. The highest BCUT2D eigenvalue weighted by atomic mass is 32.2. The zero-order valence-electron chi connectivity index (χ0n) is 13.0. The molecule has 6 heteroatoms. The summed E-state index contributed by atoms with van der Waals surface area (Å²) in [5.41, 5.74) is 2.63. The molecule has 0 saturated heterocycles. The second kappa shape index (κ2) is 7.00. The largest absolute Gasteiger partial charge is 0.469 e. The van der Waals surface area contributed by atoms with Gasteiger partial charge in [-0.25, -0.2) is 4.79 Å². The van der Waals surface area contributed by atoms with Gasteiger partial charge in [-0.2, -0.15) is 0 Å². The van der Waals surface area contributed by atoms with Crippen LogP contribution in [0, 0.1) is 0 Å². The van der Waals surface area contributed by atoms with Crippen LogP contribution in [0.25, 0.3) is 0 Å². The molecule has 1 aliphatic rings. The Hall–Kier alpha value is -2.08. The summed E-state index contributed by atoms with van der Waals surface area (Å²) in [7, 11) is -0.956. The fourth-order valence-electron chi connectivity index (χ4n) is 2.94. The van der Waals surface area contributed by atoms with Gasteiger partial charge in [0.2, 0.25) is 0 Å². The van der Waals surface area contributed by atoms with E-state index in [1.54, 1.807) is 12.5 Å². The third-order valence-electron chi connectivity index (χ3n) is 3.98. The molecule has 0 aliphatic heterocycles. The zero-order valence-corrected chi connectivity index (χ0v) is 13.8. The zero-order chi connectivity index (χ0) is 16.2. The molecule has 2 atom stereocenters. The van der Waals surface area contributed by atoms with E-state index in [-0.39, 0.29) is 12.1 Å². The first kappa shape index (κ1) is 15.8. The number of urea groups is 1. The predicted molar refractivity (Wildman–Crippen MR) is 90.8 cm³/mol. The highest BCUT2D eigenvalue weighted by molar-refractivity contribution is 7.83. The lowest BCUT2D eigenvalue weighted by molar-refractivity contribution is 0.246. The van der Waals surface area contributed by atoms with Crippen LogP contribution in [0.3, 0.4) is 0 Å². The van der Waals surface area contributed by atoms with Crippen LogP contribution >= 0.6 is 0 Å². The minimum Gasteiger partial charge on any atom is -0.469 e. The van der Waals surface area contributed by atoms with Crippen molar-refractivity contribution in [2.75, 3.05) is 11.6 Å². The summed E-state index contributed by atoms with van der Waals surface area (Å²) in [6.07, 6.45) is 6.15. The van der Waals surface area contributed by atoms with Crippen LogP contribution in [0.1, 0.15) is 35.8 Å². The number of carbonyl (C=O) groups is 1. The molecule has 122 valence electrons. The summed E-state index contributed by atoms with van der Waals surface area (Å²) in [5, 5.41) is 5.88. The normalized spacial score (nSPS) is 18.0. The Kier molecular flexibility index (Phi) is 4.81. The number of furan rings is 1. The van der Waals surface area contributed by atoms with Crippen LogP contribution < -0.4 is 10.6 Å². The molecule has 2 N–H and O–H groups in total. The first-order valence-corrected chi connectivity index (χ1v) is 9.38. The standard InChI is InChI=1S/C17H20N2O3S/c1-23(21)11-12-5-2-3-6-14(12)18-17(20)19-15-7-4-8-16-13(15)9-10-22-16/h2-3,5-6,9-10,15H,4,7-8,11H2,1H3,(H2,18,19,20)/t15-,23+/m0/s1. The SMILES string of the molecule is C[S@@](=O)Cc1ccccc1NC(=O)N[C@H]1CCCc2occc21. The molecule has 1 aliphatic carbocycles. The van der Waals surface area contributed by atoms with Crippen LogP contribution in [0.5, 0.6) is 0 Å². The molecule has 1 aromatic carbocycles. The van der Waals surface area contributed by atoms with Gasteiger partial charge in [0, 0.05) is 34.7 Å². The molecule has 0 bridgehead atoms. The number of fused-ring (bicyclic) bond motifs is 1. The molecule has 1 heterocycles.